The summed E-state index contributed by atoms with van der Waals surface area (Å²) in [5, 5.41) is 8.82. The first-order valence-corrected chi connectivity index (χ1v) is 8.86. The van der Waals surface area contributed by atoms with Gasteiger partial charge in [0.25, 0.3) is 0 Å². The molecule has 0 bridgehead atoms. The van der Waals surface area contributed by atoms with Crippen LogP contribution in [0.3, 0.4) is 0 Å². The van der Waals surface area contributed by atoms with E-state index in [1.165, 1.54) is 23.9 Å². The summed E-state index contributed by atoms with van der Waals surface area (Å²) in [7, 11) is -3.38. The lowest BCUT2D eigenvalue weighted by Gasteiger charge is -2.05. The van der Waals surface area contributed by atoms with Crippen LogP contribution in [0.4, 0.5) is 5.69 Å². The topological polar surface area (TPSA) is 84.0 Å². The summed E-state index contributed by atoms with van der Waals surface area (Å²) in [6.45, 7) is 0. The number of nitrogen functional groups attached to an aromatic ring is 1. The van der Waals surface area contributed by atoms with Crippen molar-refractivity contribution in [2.24, 2.45) is 0 Å². The zero-order chi connectivity index (χ0) is 15.3. The highest BCUT2D eigenvalue weighted by Gasteiger charge is 2.14. The minimum absolute atomic E-state index is 0.0152. The normalized spacial score (nSPS) is 11.0. The van der Waals surface area contributed by atoms with Crippen LogP contribution in [0, 0.1) is 11.3 Å². The molecule has 0 heterocycles. The van der Waals surface area contributed by atoms with Crippen LogP contribution in [0.15, 0.2) is 58.3 Å². The number of thioether (sulfide) groups is 1. The van der Waals surface area contributed by atoms with Gasteiger partial charge in [-0.15, -0.1) is 11.8 Å². The van der Waals surface area contributed by atoms with Crippen LogP contribution in [-0.2, 0) is 9.84 Å². The predicted octanol–water partition coefficient (Wildman–Crippen LogP) is 2.71. The molecule has 0 saturated carbocycles. The molecule has 0 radical (unpaired) electrons. The first-order chi connectivity index (χ1) is 10.0. The number of nitrogens with two attached hydrogens (primary N) is 1. The second-order valence-electron chi connectivity index (χ2n) is 4.38. The number of hydrogen-bond donors (Lipinski definition) is 1. The van der Waals surface area contributed by atoms with Gasteiger partial charge in [-0.25, -0.2) is 8.42 Å². The third-order valence-electron chi connectivity index (χ3n) is 2.80. The molecule has 0 unspecified atom stereocenters. The van der Waals surface area contributed by atoms with Gasteiger partial charge in [0.2, 0.25) is 0 Å². The van der Waals surface area contributed by atoms with E-state index in [2.05, 4.69) is 0 Å². The number of hydrogen-bond acceptors (Lipinski definition) is 5. The summed E-state index contributed by atoms with van der Waals surface area (Å²) in [4.78, 5) is 1.13. The van der Waals surface area contributed by atoms with Gasteiger partial charge in [0, 0.05) is 16.3 Å². The summed E-state index contributed by atoms with van der Waals surface area (Å²) >= 11 is 1.44. The molecule has 2 N–H and O–H groups in total. The quantitative estimate of drug-likeness (QED) is 0.677. The molecule has 0 amide bonds. The Morgan fingerprint density at radius 3 is 2.62 bits per heavy atom. The van der Waals surface area contributed by atoms with Gasteiger partial charge in [0.1, 0.15) is 0 Å². The van der Waals surface area contributed by atoms with Crippen molar-refractivity contribution in [2.75, 3.05) is 17.2 Å². The summed E-state index contributed by atoms with van der Waals surface area (Å²) in [6.07, 6.45) is 0. The molecule has 0 saturated heterocycles. The second kappa shape index (κ2) is 6.66. The Labute approximate surface area is 128 Å². The number of nitrogens with zero attached hydrogens (tertiary/aromatic N) is 1. The van der Waals surface area contributed by atoms with Crippen LogP contribution >= 0.6 is 11.8 Å². The van der Waals surface area contributed by atoms with E-state index in [0.29, 0.717) is 17.0 Å². The molecule has 2 aromatic rings. The highest BCUT2D eigenvalue weighted by atomic mass is 32.2. The summed E-state index contributed by atoms with van der Waals surface area (Å²) in [6, 6.07) is 15.4. The molecular weight excluding hydrogens is 304 g/mol. The van der Waals surface area contributed by atoms with E-state index < -0.39 is 9.84 Å². The number of anilines is 1. The predicted molar refractivity (Wildman–Crippen MR) is 84.8 cm³/mol. The van der Waals surface area contributed by atoms with Crippen LogP contribution in [0.25, 0.3) is 0 Å². The lowest BCUT2D eigenvalue weighted by atomic mass is 10.2. The smallest absolute Gasteiger partial charge is 0.179 e. The largest absolute Gasteiger partial charge is 0.399 e. The molecule has 0 aliphatic rings. The molecule has 6 heteroatoms. The Morgan fingerprint density at radius 1 is 1.14 bits per heavy atom. The lowest BCUT2D eigenvalue weighted by molar-refractivity contribution is 0.597. The van der Waals surface area contributed by atoms with E-state index in [9.17, 15) is 8.42 Å². The third-order valence-corrected chi connectivity index (χ3v) is 5.77. The number of nitriles is 1. The van der Waals surface area contributed by atoms with Crippen LogP contribution in [0.5, 0.6) is 0 Å². The molecular formula is C15H14N2O2S2. The Kier molecular flexibility index (Phi) is 4.89. The molecule has 108 valence electrons. The Balaban J connectivity index is 2.03. The summed E-state index contributed by atoms with van der Waals surface area (Å²) in [5.41, 5.74) is 6.68. The average molecular weight is 318 g/mol. The third kappa shape index (κ3) is 4.25. The first kappa shape index (κ1) is 15.4. The monoisotopic (exact) mass is 318 g/mol. The second-order valence-corrected chi connectivity index (χ2v) is 7.66. The van der Waals surface area contributed by atoms with E-state index in [1.807, 2.05) is 24.3 Å². The fraction of sp³-hybridized carbons (Fsp3) is 0.133. The van der Waals surface area contributed by atoms with Crippen LogP contribution < -0.4 is 5.73 Å². The maximum atomic E-state index is 12.2. The average Bonchev–Trinajstić information content (AvgIpc) is 2.47. The standard InChI is InChI=1S/C15H14N2O2S2/c16-11-12-3-1-6-15(9-12)21(18,19)8-7-20-14-5-2-4-13(17)10-14/h1-6,9-10H,7-8,17H2. The minimum Gasteiger partial charge on any atom is -0.399 e. The van der Waals surface area contributed by atoms with Crippen molar-refractivity contribution in [3.05, 3.63) is 54.1 Å². The van der Waals surface area contributed by atoms with E-state index in [-0.39, 0.29) is 10.6 Å². The molecule has 0 spiro atoms. The van der Waals surface area contributed by atoms with Gasteiger partial charge >= 0.3 is 0 Å². The van der Waals surface area contributed by atoms with E-state index in [4.69, 9.17) is 11.0 Å². The minimum atomic E-state index is -3.38. The van der Waals surface area contributed by atoms with E-state index in [1.54, 1.807) is 18.2 Å². The maximum Gasteiger partial charge on any atom is 0.179 e. The van der Waals surface area contributed by atoms with Gasteiger partial charge in [-0.1, -0.05) is 12.1 Å². The van der Waals surface area contributed by atoms with Gasteiger partial charge in [0.05, 0.1) is 22.3 Å². The molecule has 0 aliphatic heterocycles. The van der Waals surface area contributed by atoms with Gasteiger partial charge < -0.3 is 5.73 Å². The van der Waals surface area contributed by atoms with Crippen molar-refractivity contribution in [2.45, 2.75) is 9.79 Å². The van der Waals surface area contributed by atoms with Crippen molar-refractivity contribution >= 4 is 27.3 Å². The fourth-order valence-electron chi connectivity index (χ4n) is 1.75. The molecule has 2 aromatic carbocycles. The summed E-state index contributed by atoms with van der Waals surface area (Å²) in [5.74, 6) is 0.448. The Morgan fingerprint density at radius 2 is 1.90 bits per heavy atom. The van der Waals surface area contributed by atoms with Crippen LogP contribution in [-0.4, -0.2) is 19.9 Å². The summed E-state index contributed by atoms with van der Waals surface area (Å²) < 4.78 is 24.4. The van der Waals surface area contributed by atoms with Crippen molar-refractivity contribution in [1.82, 2.24) is 0 Å². The van der Waals surface area contributed by atoms with Crippen LogP contribution in [0.2, 0.25) is 0 Å². The molecule has 0 atom stereocenters. The number of sulfone groups is 1. The van der Waals surface area contributed by atoms with Gasteiger partial charge in [-0.2, -0.15) is 5.26 Å². The van der Waals surface area contributed by atoms with Crippen LogP contribution in [0.1, 0.15) is 5.56 Å². The number of rotatable bonds is 5. The Bertz CT molecular complexity index is 780. The number of benzene rings is 2. The van der Waals surface area contributed by atoms with Crippen molar-refractivity contribution in [3.63, 3.8) is 0 Å². The molecule has 2 rings (SSSR count). The zero-order valence-electron chi connectivity index (χ0n) is 11.2. The first-order valence-electron chi connectivity index (χ1n) is 6.22. The van der Waals surface area contributed by atoms with Gasteiger partial charge in [0.15, 0.2) is 9.84 Å². The van der Waals surface area contributed by atoms with Gasteiger partial charge in [-0.05, 0) is 36.4 Å². The Hall–Kier alpha value is -1.97. The molecule has 0 aliphatic carbocycles. The molecule has 0 aromatic heterocycles. The maximum absolute atomic E-state index is 12.2. The molecule has 4 nitrogen and oxygen atoms in total. The van der Waals surface area contributed by atoms with E-state index >= 15 is 0 Å². The SMILES string of the molecule is N#Cc1cccc(S(=O)(=O)CCSc2cccc(N)c2)c1. The molecule has 0 fully saturated rings. The highest BCUT2D eigenvalue weighted by Crippen LogP contribution is 2.22. The zero-order valence-corrected chi connectivity index (χ0v) is 12.8. The van der Waals surface area contributed by atoms with Crippen molar-refractivity contribution < 1.29 is 8.42 Å². The van der Waals surface area contributed by atoms with Gasteiger partial charge in [-0.3, -0.25) is 0 Å². The molecule has 21 heavy (non-hydrogen) atoms. The van der Waals surface area contributed by atoms with Crippen molar-refractivity contribution in [1.29, 1.82) is 5.26 Å². The van der Waals surface area contributed by atoms with E-state index in [0.717, 1.165) is 4.90 Å². The fourth-order valence-corrected chi connectivity index (χ4v) is 4.42. The van der Waals surface area contributed by atoms with Crippen molar-refractivity contribution in [3.8, 4) is 6.07 Å². The lowest BCUT2D eigenvalue weighted by Crippen LogP contribution is -2.09. The highest BCUT2D eigenvalue weighted by molar-refractivity contribution is 8.00.